The maximum atomic E-state index is 11.9. The van der Waals surface area contributed by atoms with Crippen molar-refractivity contribution in [2.24, 2.45) is 0 Å². The quantitative estimate of drug-likeness (QED) is 0.618. The lowest BCUT2D eigenvalue weighted by molar-refractivity contribution is -0.122. The molecular weight excluding hydrogens is 266 g/mol. The summed E-state index contributed by atoms with van der Waals surface area (Å²) in [5, 5.41) is 16.6. The van der Waals surface area contributed by atoms with E-state index in [1.54, 1.807) is 0 Å². The zero-order valence-electron chi connectivity index (χ0n) is 11.9. The monoisotopic (exact) mass is 287 g/mol. The van der Waals surface area contributed by atoms with Gasteiger partial charge in [-0.3, -0.25) is 4.79 Å². The van der Waals surface area contributed by atoms with Crippen LogP contribution in [0, 0.1) is 0 Å². The van der Waals surface area contributed by atoms with Crippen LogP contribution in [0.4, 0.5) is 0 Å². The second-order valence-corrected chi connectivity index (χ2v) is 5.60. The SMILES string of the molecule is O=C(NCCCc1c[nH]c2ccccc12)C1CC(O)CN1. The molecule has 1 aromatic heterocycles. The number of amides is 1. The van der Waals surface area contributed by atoms with Gasteiger partial charge in [0.15, 0.2) is 0 Å². The molecule has 1 saturated heterocycles. The smallest absolute Gasteiger partial charge is 0.237 e. The van der Waals surface area contributed by atoms with E-state index >= 15 is 0 Å². The predicted octanol–water partition coefficient (Wildman–Crippen LogP) is 0.940. The van der Waals surface area contributed by atoms with Crippen LogP contribution >= 0.6 is 0 Å². The number of aliphatic hydroxyl groups excluding tert-OH is 1. The number of aromatic amines is 1. The number of aryl methyl sites for hydroxylation is 1. The number of nitrogens with one attached hydrogen (secondary N) is 3. The highest BCUT2D eigenvalue weighted by Crippen LogP contribution is 2.18. The third kappa shape index (κ3) is 3.25. The van der Waals surface area contributed by atoms with Gasteiger partial charge in [0, 0.05) is 30.2 Å². The standard InChI is InChI=1S/C16H21N3O2/c20-12-8-15(19-10-12)16(21)17-7-3-4-11-9-18-14-6-2-1-5-13(11)14/h1-2,5-6,9,12,15,18-20H,3-4,7-8,10H2,(H,17,21). The molecule has 2 heterocycles. The average Bonchev–Trinajstić information content (AvgIpc) is 3.10. The van der Waals surface area contributed by atoms with Crippen LogP contribution in [0.25, 0.3) is 10.9 Å². The van der Waals surface area contributed by atoms with Gasteiger partial charge in [0.05, 0.1) is 12.1 Å². The van der Waals surface area contributed by atoms with E-state index in [0.29, 0.717) is 19.5 Å². The number of hydrogen-bond acceptors (Lipinski definition) is 3. The minimum atomic E-state index is -0.396. The number of carbonyl (C=O) groups excluding carboxylic acids is 1. The summed E-state index contributed by atoms with van der Waals surface area (Å²) in [7, 11) is 0. The summed E-state index contributed by atoms with van der Waals surface area (Å²) < 4.78 is 0. The Bertz CT molecular complexity index is 623. The summed E-state index contributed by atoms with van der Waals surface area (Å²) in [6, 6.07) is 8.00. The van der Waals surface area contributed by atoms with Crippen LogP contribution in [-0.2, 0) is 11.2 Å². The van der Waals surface area contributed by atoms with Crippen LogP contribution in [0.1, 0.15) is 18.4 Å². The molecule has 2 aromatic rings. The van der Waals surface area contributed by atoms with Gasteiger partial charge in [0.25, 0.3) is 0 Å². The Hall–Kier alpha value is -1.85. The number of aromatic nitrogens is 1. The molecule has 1 aliphatic heterocycles. The number of fused-ring (bicyclic) bond motifs is 1. The van der Waals surface area contributed by atoms with E-state index in [9.17, 15) is 9.90 Å². The number of carbonyl (C=O) groups is 1. The van der Waals surface area contributed by atoms with E-state index in [0.717, 1.165) is 18.4 Å². The van der Waals surface area contributed by atoms with Crippen molar-refractivity contribution >= 4 is 16.8 Å². The fourth-order valence-corrected chi connectivity index (χ4v) is 2.87. The maximum Gasteiger partial charge on any atom is 0.237 e. The van der Waals surface area contributed by atoms with Crippen molar-refractivity contribution < 1.29 is 9.90 Å². The summed E-state index contributed by atoms with van der Waals surface area (Å²) >= 11 is 0. The first-order valence-electron chi connectivity index (χ1n) is 7.48. The van der Waals surface area contributed by atoms with E-state index in [2.05, 4.69) is 27.8 Å². The number of rotatable bonds is 5. The molecule has 0 saturated carbocycles. The second-order valence-electron chi connectivity index (χ2n) is 5.60. The Labute approximate surface area is 123 Å². The van der Waals surface area contributed by atoms with E-state index in [1.165, 1.54) is 10.9 Å². The first-order valence-corrected chi connectivity index (χ1v) is 7.48. The largest absolute Gasteiger partial charge is 0.392 e. The molecule has 1 amide bonds. The Balaban J connectivity index is 1.45. The fourth-order valence-electron chi connectivity index (χ4n) is 2.87. The lowest BCUT2D eigenvalue weighted by Crippen LogP contribution is -2.40. The van der Waals surface area contributed by atoms with E-state index < -0.39 is 6.10 Å². The van der Waals surface area contributed by atoms with Crippen molar-refractivity contribution in [3.05, 3.63) is 36.0 Å². The van der Waals surface area contributed by atoms with Crippen molar-refractivity contribution in [1.29, 1.82) is 0 Å². The van der Waals surface area contributed by atoms with Gasteiger partial charge in [-0.1, -0.05) is 18.2 Å². The molecule has 1 aromatic carbocycles. The molecule has 5 heteroatoms. The molecule has 2 atom stereocenters. The van der Waals surface area contributed by atoms with Crippen molar-refractivity contribution in [2.45, 2.75) is 31.4 Å². The third-order valence-corrected chi connectivity index (χ3v) is 4.02. The van der Waals surface area contributed by atoms with Gasteiger partial charge >= 0.3 is 0 Å². The summed E-state index contributed by atoms with van der Waals surface area (Å²) in [5.74, 6) is -0.00882. The van der Waals surface area contributed by atoms with Crippen molar-refractivity contribution in [3.8, 4) is 0 Å². The topological polar surface area (TPSA) is 77.2 Å². The minimum Gasteiger partial charge on any atom is -0.392 e. The molecule has 0 spiro atoms. The first-order chi connectivity index (χ1) is 10.2. The number of benzene rings is 1. The number of para-hydroxylation sites is 1. The number of β-amino-alcohol motifs (C(OH)–C–C–N with tert-alkyl or cyclic N) is 1. The van der Waals surface area contributed by atoms with Crippen molar-refractivity contribution in [1.82, 2.24) is 15.6 Å². The van der Waals surface area contributed by atoms with Crippen LogP contribution in [0.15, 0.2) is 30.5 Å². The molecule has 112 valence electrons. The molecule has 5 nitrogen and oxygen atoms in total. The highest BCUT2D eigenvalue weighted by Gasteiger charge is 2.27. The molecule has 1 fully saturated rings. The molecule has 0 radical (unpaired) electrons. The van der Waals surface area contributed by atoms with Crippen molar-refractivity contribution in [3.63, 3.8) is 0 Å². The number of hydrogen-bond donors (Lipinski definition) is 4. The summed E-state index contributed by atoms with van der Waals surface area (Å²) in [6.07, 6.45) is 4.00. The zero-order chi connectivity index (χ0) is 14.7. The first kappa shape index (κ1) is 14.1. The zero-order valence-corrected chi connectivity index (χ0v) is 11.9. The molecule has 3 rings (SSSR count). The highest BCUT2D eigenvalue weighted by atomic mass is 16.3. The average molecular weight is 287 g/mol. The van der Waals surface area contributed by atoms with Gasteiger partial charge in [-0.15, -0.1) is 0 Å². The van der Waals surface area contributed by atoms with Gasteiger partial charge in [-0.25, -0.2) is 0 Å². The fraction of sp³-hybridized carbons (Fsp3) is 0.438. The van der Waals surface area contributed by atoms with E-state index in [4.69, 9.17) is 0 Å². The lowest BCUT2D eigenvalue weighted by atomic mass is 10.1. The van der Waals surface area contributed by atoms with Crippen molar-refractivity contribution in [2.75, 3.05) is 13.1 Å². The molecule has 21 heavy (non-hydrogen) atoms. The summed E-state index contributed by atoms with van der Waals surface area (Å²) in [6.45, 7) is 1.17. The van der Waals surface area contributed by atoms with E-state index in [1.807, 2.05) is 18.3 Å². The Morgan fingerprint density at radius 1 is 1.38 bits per heavy atom. The molecule has 1 aliphatic rings. The van der Waals surface area contributed by atoms with Crippen LogP contribution in [0.3, 0.4) is 0 Å². The number of H-pyrrole nitrogens is 1. The Morgan fingerprint density at radius 3 is 3.05 bits per heavy atom. The summed E-state index contributed by atoms with van der Waals surface area (Å²) in [5.41, 5.74) is 2.44. The highest BCUT2D eigenvalue weighted by molar-refractivity contribution is 5.83. The van der Waals surface area contributed by atoms with Crippen LogP contribution in [0.5, 0.6) is 0 Å². The van der Waals surface area contributed by atoms with Gasteiger partial charge in [0.2, 0.25) is 5.91 Å². The van der Waals surface area contributed by atoms with Crippen LogP contribution in [0.2, 0.25) is 0 Å². The second kappa shape index (κ2) is 6.28. The predicted molar refractivity (Wildman–Crippen MR) is 82.0 cm³/mol. The summed E-state index contributed by atoms with van der Waals surface area (Å²) in [4.78, 5) is 15.1. The Kier molecular flexibility index (Phi) is 4.22. The molecule has 0 aliphatic carbocycles. The number of aliphatic hydroxyl groups is 1. The van der Waals surface area contributed by atoms with Gasteiger partial charge in [-0.05, 0) is 30.9 Å². The van der Waals surface area contributed by atoms with Gasteiger partial charge in [-0.2, -0.15) is 0 Å². The minimum absolute atomic E-state index is 0.00882. The molecule has 2 unspecified atom stereocenters. The van der Waals surface area contributed by atoms with Gasteiger partial charge < -0.3 is 20.7 Å². The maximum absolute atomic E-state index is 11.9. The molecular formula is C16H21N3O2. The van der Waals surface area contributed by atoms with Crippen LogP contribution in [-0.4, -0.2) is 41.2 Å². The normalized spacial score (nSPS) is 21.8. The van der Waals surface area contributed by atoms with Gasteiger partial charge in [0.1, 0.15) is 0 Å². The van der Waals surface area contributed by atoms with E-state index in [-0.39, 0.29) is 11.9 Å². The third-order valence-electron chi connectivity index (χ3n) is 4.02. The lowest BCUT2D eigenvalue weighted by Gasteiger charge is -2.10. The molecule has 0 bridgehead atoms. The van der Waals surface area contributed by atoms with Crippen LogP contribution < -0.4 is 10.6 Å². The molecule has 4 N–H and O–H groups in total. The Morgan fingerprint density at radius 2 is 2.24 bits per heavy atom.